The van der Waals surface area contributed by atoms with Crippen LogP contribution in [0.2, 0.25) is 0 Å². The molecular weight excluding hydrogens is 330 g/mol. The number of aromatic amines is 1. The number of carbonyl (C=O) groups excluding carboxylic acids is 1. The van der Waals surface area contributed by atoms with E-state index < -0.39 is 0 Å². The molecular formula is C19H27N5O2. The Morgan fingerprint density at radius 3 is 2.77 bits per heavy atom. The molecule has 26 heavy (non-hydrogen) atoms. The number of aryl methyl sites for hydroxylation is 1. The Kier molecular flexibility index (Phi) is 4.70. The monoisotopic (exact) mass is 357 g/mol. The normalized spacial score (nSPS) is 20.8. The third-order valence-electron chi connectivity index (χ3n) is 5.32. The third kappa shape index (κ3) is 3.22. The highest BCUT2D eigenvalue weighted by Gasteiger charge is 2.29. The zero-order chi connectivity index (χ0) is 18.1. The maximum Gasteiger partial charge on any atom is 0.310 e. The first-order valence-corrected chi connectivity index (χ1v) is 9.69. The molecule has 4 heterocycles. The Hall–Kier alpha value is -2.31. The number of H-pyrrole nitrogens is 1. The largest absolute Gasteiger partial charge is 0.466 e. The number of fused-ring (bicyclic) bond motifs is 1. The van der Waals surface area contributed by atoms with Gasteiger partial charge in [0.25, 0.3) is 0 Å². The van der Waals surface area contributed by atoms with Crippen LogP contribution >= 0.6 is 0 Å². The van der Waals surface area contributed by atoms with Crippen LogP contribution in [0.3, 0.4) is 0 Å². The molecule has 1 N–H and O–H groups in total. The molecule has 7 nitrogen and oxygen atoms in total. The van der Waals surface area contributed by atoms with Crippen LogP contribution in [0.15, 0.2) is 6.07 Å². The Morgan fingerprint density at radius 1 is 1.23 bits per heavy atom. The van der Waals surface area contributed by atoms with Crippen molar-refractivity contribution in [2.45, 2.75) is 39.5 Å². The van der Waals surface area contributed by atoms with Gasteiger partial charge in [0.1, 0.15) is 11.5 Å². The summed E-state index contributed by atoms with van der Waals surface area (Å²) in [6.07, 6.45) is 4.23. The van der Waals surface area contributed by atoms with E-state index in [0.717, 1.165) is 61.0 Å². The molecule has 0 radical (unpaired) electrons. The Balaban J connectivity index is 1.68. The number of esters is 1. The smallest absolute Gasteiger partial charge is 0.310 e. The second-order valence-electron chi connectivity index (χ2n) is 7.29. The lowest BCUT2D eigenvalue weighted by molar-refractivity contribution is -0.148. The Morgan fingerprint density at radius 2 is 2.00 bits per heavy atom. The van der Waals surface area contributed by atoms with Crippen molar-refractivity contribution in [1.29, 1.82) is 0 Å². The van der Waals surface area contributed by atoms with Crippen molar-refractivity contribution in [3.05, 3.63) is 11.8 Å². The predicted molar refractivity (Wildman–Crippen MR) is 102 cm³/mol. The number of carbonyl (C=O) groups is 1. The molecule has 1 atom stereocenters. The van der Waals surface area contributed by atoms with Crippen molar-refractivity contribution in [1.82, 2.24) is 15.0 Å². The number of aromatic nitrogens is 3. The number of hydrogen-bond donors (Lipinski definition) is 1. The first-order valence-electron chi connectivity index (χ1n) is 9.69. The number of piperidine rings is 1. The first-order chi connectivity index (χ1) is 12.7. The highest BCUT2D eigenvalue weighted by Crippen LogP contribution is 2.31. The van der Waals surface area contributed by atoms with E-state index in [-0.39, 0.29) is 11.9 Å². The summed E-state index contributed by atoms with van der Waals surface area (Å²) >= 11 is 0. The van der Waals surface area contributed by atoms with Gasteiger partial charge in [0.05, 0.1) is 17.9 Å². The predicted octanol–water partition coefficient (Wildman–Crippen LogP) is 2.65. The number of ether oxygens (including phenoxy) is 1. The summed E-state index contributed by atoms with van der Waals surface area (Å²) in [6.45, 7) is 7.92. The number of hydrogen-bond acceptors (Lipinski definition) is 6. The van der Waals surface area contributed by atoms with Crippen LogP contribution in [0.5, 0.6) is 0 Å². The van der Waals surface area contributed by atoms with Gasteiger partial charge in [0.15, 0.2) is 0 Å². The summed E-state index contributed by atoms with van der Waals surface area (Å²) in [5.74, 6) is 1.57. The molecule has 0 aromatic carbocycles. The van der Waals surface area contributed by atoms with E-state index in [9.17, 15) is 4.79 Å². The van der Waals surface area contributed by atoms with E-state index in [1.807, 2.05) is 13.8 Å². The summed E-state index contributed by atoms with van der Waals surface area (Å²) in [6, 6.07) is 2.10. The molecule has 0 spiro atoms. The fraction of sp³-hybridized carbons (Fsp3) is 0.632. The molecule has 2 aromatic heterocycles. The maximum absolute atomic E-state index is 12.2. The van der Waals surface area contributed by atoms with Gasteiger partial charge >= 0.3 is 5.97 Å². The van der Waals surface area contributed by atoms with Crippen molar-refractivity contribution in [3.8, 4) is 0 Å². The molecule has 2 aliphatic heterocycles. The van der Waals surface area contributed by atoms with Crippen molar-refractivity contribution >= 4 is 28.8 Å². The molecule has 0 aliphatic carbocycles. The molecule has 140 valence electrons. The highest BCUT2D eigenvalue weighted by atomic mass is 16.5. The fourth-order valence-corrected chi connectivity index (χ4v) is 4.04. The van der Waals surface area contributed by atoms with Crippen LogP contribution in [-0.2, 0) is 9.53 Å². The van der Waals surface area contributed by atoms with Gasteiger partial charge in [0.2, 0.25) is 5.95 Å². The lowest BCUT2D eigenvalue weighted by Gasteiger charge is -2.33. The van der Waals surface area contributed by atoms with Gasteiger partial charge in [-0.1, -0.05) is 0 Å². The van der Waals surface area contributed by atoms with Gasteiger partial charge in [-0.25, -0.2) is 0 Å². The summed E-state index contributed by atoms with van der Waals surface area (Å²) in [7, 11) is 0. The van der Waals surface area contributed by atoms with E-state index in [1.165, 1.54) is 12.8 Å². The Labute approximate surface area is 153 Å². The molecule has 2 fully saturated rings. The van der Waals surface area contributed by atoms with Crippen LogP contribution in [0.1, 0.15) is 38.3 Å². The Bertz CT molecular complexity index is 797. The molecule has 0 amide bonds. The lowest BCUT2D eigenvalue weighted by atomic mass is 9.98. The summed E-state index contributed by atoms with van der Waals surface area (Å²) in [5.41, 5.74) is 1.96. The molecule has 2 saturated heterocycles. The van der Waals surface area contributed by atoms with Gasteiger partial charge in [0, 0.05) is 31.9 Å². The van der Waals surface area contributed by atoms with E-state index >= 15 is 0 Å². The maximum atomic E-state index is 12.2. The second kappa shape index (κ2) is 7.13. The van der Waals surface area contributed by atoms with Gasteiger partial charge < -0.3 is 19.5 Å². The first kappa shape index (κ1) is 17.1. The van der Waals surface area contributed by atoms with E-state index in [1.54, 1.807) is 0 Å². The number of rotatable bonds is 4. The molecule has 0 bridgehead atoms. The molecule has 2 aromatic rings. The molecule has 0 saturated carbocycles. The number of nitrogens with zero attached hydrogens (tertiary/aromatic N) is 4. The lowest BCUT2D eigenvalue weighted by Crippen LogP contribution is -2.40. The minimum atomic E-state index is -0.0903. The van der Waals surface area contributed by atoms with Crippen molar-refractivity contribution in [3.63, 3.8) is 0 Å². The molecule has 1 unspecified atom stereocenters. The summed E-state index contributed by atoms with van der Waals surface area (Å²) in [5, 5.41) is 1.04. The highest BCUT2D eigenvalue weighted by molar-refractivity contribution is 5.90. The average Bonchev–Trinajstić information content (AvgIpc) is 3.29. The molecule has 2 aliphatic rings. The van der Waals surface area contributed by atoms with E-state index in [4.69, 9.17) is 14.7 Å². The van der Waals surface area contributed by atoms with Crippen LogP contribution in [0.4, 0.5) is 11.8 Å². The van der Waals surface area contributed by atoms with Crippen LogP contribution in [-0.4, -0.2) is 53.7 Å². The second-order valence-corrected chi connectivity index (χ2v) is 7.29. The zero-order valence-corrected chi connectivity index (χ0v) is 15.6. The molecule has 7 heteroatoms. The van der Waals surface area contributed by atoms with E-state index in [2.05, 4.69) is 20.9 Å². The van der Waals surface area contributed by atoms with Crippen molar-refractivity contribution in [2.24, 2.45) is 5.92 Å². The van der Waals surface area contributed by atoms with Gasteiger partial charge in [-0.2, -0.15) is 9.97 Å². The van der Waals surface area contributed by atoms with Crippen molar-refractivity contribution in [2.75, 3.05) is 42.6 Å². The topological polar surface area (TPSA) is 74.3 Å². The van der Waals surface area contributed by atoms with Gasteiger partial charge in [-0.3, -0.25) is 4.79 Å². The summed E-state index contributed by atoms with van der Waals surface area (Å²) in [4.78, 5) is 29.8. The zero-order valence-electron chi connectivity index (χ0n) is 15.6. The minimum absolute atomic E-state index is 0.0796. The fourth-order valence-electron chi connectivity index (χ4n) is 4.04. The van der Waals surface area contributed by atoms with Crippen LogP contribution < -0.4 is 9.80 Å². The SMILES string of the molecule is CCOC(=O)C1CCCN(c2nc(N3CCCC3)nc3[nH]c(C)cc23)C1. The van der Waals surface area contributed by atoms with Gasteiger partial charge in [-0.15, -0.1) is 0 Å². The summed E-state index contributed by atoms with van der Waals surface area (Å²) < 4.78 is 5.25. The van der Waals surface area contributed by atoms with Crippen LogP contribution in [0.25, 0.3) is 11.0 Å². The minimum Gasteiger partial charge on any atom is -0.466 e. The molecule has 4 rings (SSSR count). The average molecular weight is 357 g/mol. The van der Waals surface area contributed by atoms with Crippen LogP contribution in [0, 0.1) is 12.8 Å². The van der Waals surface area contributed by atoms with Gasteiger partial charge in [-0.05, 0) is 45.6 Å². The van der Waals surface area contributed by atoms with Crippen molar-refractivity contribution < 1.29 is 9.53 Å². The standard InChI is InChI=1S/C19H27N5O2/c1-3-26-18(25)14-7-6-10-24(12-14)17-15-11-13(2)20-16(15)21-19(22-17)23-8-4-5-9-23/h11,14H,3-10,12H2,1-2H3,(H,20,21,22). The quantitative estimate of drug-likeness (QED) is 0.848. The number of nitrogens with one attached hydrogen (secondary N) is 1. The number of anilines is 2. The van der Waals surface area contributed by atoms with E-state index in [0.29, 0.717) is 13.2 Å². The third-order valence-corrected chi connectivity index (χ3v) is 5.32.